The van der Waals surface area contributed by atoms with Gasteiger partial charge in [0, 0.05) is 33.7 Å². The summed E-state index contributed by atoms with van der Waals surface area (Å²) in [5.74, 6) is 0.746. The lowest BCUT2D eigenvalue weighted by Crippen LogP contribution is -2.45. The molecule has 0 aromatic carbocycles. The number of rotatable bonds is 6. The first-order valence-corrected chi connectivity index (χ1v) is 7.60. The fourth-order valence-corrected chi connectivity index (χ4v) is 3.48. The quantitative estimate of drug-likeness (QED) is 0.780. The van der Waals surface area contributed by atoms with Crippen LogP contribution in [0.2, 0.25) is 0 Å². The van der Waals surface area contributed by atoms with Crippen molar-refractivity contribution >= 4 is 11.2 Å². The molecule has 2 atom stereocenters. The lowest BCUT2D eigenvalue weighted by atomic mass is 9.84. The van der Waals surface area contributed by atoms with Crippen molar-refractivity contribution in [3.63, 3.8) is 0 Å². The van der Waals surface area contributed by atoms with Crippen LogP contribution in [0.4, 0.5) is 0 Å². The second-order valence-corrected chi connectivity index (χ2v) is 6.96. The number of nitrogens with zero attached hydrogens (tertiary/aromatic N) is 2. The molecule has 0 amide bonds. The van der Waals surface area contributed by atoms with Gasteiger partial charge >= 0.3 is 0 Å². The van der Waals surface area contributed by atoms with E-state index in [1.54, 1.807) is 4.31 Å². The fraction of sp³-hybridized carbons (Fsp3) is 1.00. The summed E-state index contributed by atoms with van der Waals surface area (Å²) in [5, 5.41) is 3.40. The highest BCUT2D eigenvalue weighted by atomic mass is 32.2. The minimum Gasteiger partial charge on any atom is -0.315 e. The molecule has 0 aliphatic heterocycles. The van der Waals surface area contributed by atoms with Gasteiger partial charge < -0.3 is 5.32 Å². The highest BCUT2D eigenvalue weighted by Gasteiger charge is 2.25. The molecule has 1 aliphatic rings. The molecule has 5 heteroatoms. The third kappa shape index (κ3) is 4.66. The fourth-order valence-electron chi connectivity index (χ4n) is 2.63. The zero-order chi connectivity index (χ0) is 12.8. The Morgan fingerprint density at radius 1 is 1.24 bits per heavy atom. The van der Waals surface area contributed by atoms with E-state index < -0.39 is 11.2 Å². The van der Waals surface area contributed by atoms with Crippen molar-refractivity contribution in [2.75, 3.05) is 34.7 Å². The van der Waals surface area contributed by atoms with E-state index in [-0.39, 0.29) is 0 Å². The van der Waals surface area contributed by atoms with Gasteiger partial charge in [0.2, 0.25) is 0 Å². The maximum absolute atomic E-state index is 11.9. The lowest BCUT2D eigenvalue weighted by molar-refractivity contribution is 0.251. The van der Waals surface area contributed by atoms with Gasteiger partial charge in [-0.25, -0.2) is 12.8 Å². The summed E-state index contributed by atoms with van der Waals surface area (Å²) in [6, 6.07) is 0.462. The van der Waals surface area contributed by atoms with Gasteiger partial charge in [-0.15, -0.1) is 0 Å². The second-order valence-electron chi connectivity index (χ2n) is 5.15. The lowest BCUT2D eigenvalue weighted by Gasteiger charge is -2.33. The maximum atomic E-state index is 11.9. The molecule has 17 heavy (non-hydrogen) atoms. The predicted molar refractivity (Wildman–Crippen MR) is 73.9 cm³/mol. The summed E-state index contributed by atoms with van der Waals surface area (Å²) in [6.07, 6.45) is 6.71. The third-order valence-corrected chi connectivity index (χ3v) is 4.93. The first kappa shape index (κ1) is 15.1. The van der Waals surface area contributed by atoms with E-state index in [0.717, 1.165) is 12.5 Å². The molecule has 1 fully saturated rings. The van der Waals surface area contributed by atoms with E-state index in [2.05, 4.69) is 5.32 Å². The Morgan fingerprint density at radius 2 is 1.82 bits per heavy atom. The van der Waals surface area contributed by atoms with Crippen LogP contribution in [-0.4, -0.2) is 53.6 Å². The van der Waals surface area contributed by atoms with Crippen LogP contribution in [-0.2, 0) is 11.2 Å². The van der Waals surface area contributed by atoms with E-state index >= 15 is 0 Å². The summed E-state index contributed by atoms with van der Waals surface area (Å²) in [5.41, 5.74) is 0. The molecule has 0 saturated heterocycles. The molecular formula is C12H27N3OS. The zero-order valence-electron chi connectivity index (χ0n) is 11.6. The van der Waals surface area contributed by atoms with Crippen molar-refractivity contribution in [1.82, 2.24) is 13.9 Å². The highest BCUT2D eigenvalue weighted by Crippen LogP contribution is 2.26. The van der Waals surface area contributed by atoms with Gasteiger partial charge in [0.1, 0.15) is 0 Å². The number of nitrogens with one attached hydrogen (secondary N) is 1. The van der Waals surface area contributed by atoms with Crippen LogP contribution >= 0.6 is 0 Å². The molecule has 0 heterocycles. The molecule has 0 aromatic rings. The van der Waals surface area contributed by atoms with E-state index in [1.165, 1.54) is 32.1 Å². The number of hydrogen-bond acceptors (Lipinski definition) is 2. The van der Waals surface area contributed by atoms with Gasteiger partial charge in [0.05, 0.1) is 0 Å². The first-order chi connectivity index (χ1) is 8.06. The van der Waals surface area contributed by atoms with Crippen LogP contribution in [0.5, 0.6) is 0 Å². The second kappa shape index (κ2) is 7.46. The van der Waals surface area contributed by atoms with Gasteiger partial charge in [-0.1, -0.05) is 19.3 Å². The summed E-state index contributed by atoms with van der Waals surface area (Å²) in [7, 11) is 7.65. The smallest absolute Gasteiger partial charge is 0.171 e. The Kier molecular flexibility index (Phi) is 6.62. The van der Waals surface area contributed by atoms with Gasteiger partial charge in [-0.05, 0) is 25.8 Å². The molecule has 0 radical (unpaired) electrons. The van der Waals surface area contributed by atoms with Crippen LogP contribution in [0.1, 0.15) is 32.1 Å². The Hall–Kier alpha value is 0.0300. The predicted octanol–water partition coefficient (Wildman–Crippen LogP) is 1.23. The first-order valence-electron chi connectivity index (χ1n) is 6.54. The Morgan fingerprint density at radius 3 is 2.29 bits per heavy atom. The largest absolute Gasteiger partial charge is 0.315 e. The van der Waals surface area contributed by atoms with E-state index in [9.17, 15) is 4.21 Å². The minimum atomic E-state index is -1.02. The molecule has 102 valence electrons. The van der Waals surface area contributed by atoms with Crippen LogP contribution < -0.4 is 5.32 Å². The summed E-state index contributed by atoms with van der Waals surface area (Å²) < 4.78 is 15.6. The molecule has 1 rings (SSSR count). The monoisotopic (exact) mass is 261 g/mol. The van der Waals surface area contributed by atoms with Gasteiger partial charge in [0.15, 0.2) is 11.2 Å². The molecule has 1 N–H and O–H groups in total. The molecule has 0 aromatic heterocycles. The molecule has 1 saturated carbocycles. The standard InChI is InChI=1S/C12H27N3OS/c1-13-12(11-8-6-5-7-9-11)10-15(4)17(16)14(2)3/h11-13H,5-10H2,1-4H3. The van der Waals surface area contributed by atoms with E-state index in [4.69, 9.17) is 0 Å². The molecule has 2 unspecified atom stereocenters. The van der Waals surface area contributed by atoms with Crippen molar-refractivity contribution in [2.45, 2.75) is 38.1 Å². The van der Waals surface area contributed by atoms with Crippen LogP contribution in [0.25, 0.3) is 0 Å². The molecule has 0 bridgehead atoms. The SMILES string of the molecule is CNC(CN(C)S(=O)N(C)C)C1CCCCC1. The average Bonchev–Trinajstić information content (AvgIpc) is 2.35. The third-order valence-electron chi connectivity index (χ3n) is 3.62. The summed E-state index contributed by atoms with van der Waals surface area (Å²) in [4.78, 5) is 0. The van der Waals surface area contributed by atoms with Crippen molar-refractivity contribution in [1.29, 1.82) is 0 Å². The van der Waals surface area contributed by atoms with Crippen molar-refractivity contribution in [3.8, 4) is 0 Å². The van der Waals surface area contributed by atoms with Gasteiger partial charge in [-0.3, -0.25) is 0 Å². The van der Waals surface area contributed by atoms with Crippen molar-refractivity contribution in [2.24, 2.45) is 5.92 Å². The highest BCUT2D eigenvalue weighted by molar-refractivity contribution is 7.80. The molecule has 1 aliphatic carbocycles. The zero-order valence-corrected chi connectivity index (χ0v) is 12.4. The molecule has 4 nitrogen and oxygen atoms in total. The molecular weight excluding hydrogens is 234 g/mol. The van der Waals surface area contributed by atoms with Crippen LogP contribution in [0, 0.1) is 5.92 Å². The topological polar surface area (TPSA) is 35.6 Å². The van der Waals surface area contributed by atoms with Gasteiger partial charge in [-0.2, -0.15) is 0 Å². The van der Waals surface area contributed by atoms with Crippen LogP contribution in [0.3, 0.4) is 0 Å². The van der Waals surface area contributed by atoms with Crippen molar-refractivity contribution in [3.05, 3.63) is 0 Å². The molecule has 0 spiro atoms. The number of hydrogen-bond donors (Lipinski definition) is 1. The average molecular weight is 261 g/mol. The minimum absolute atomic E-state index is 0.462. The van der Waals surface area contributed by atoms with E-state index in [1.807, 2.05) is 32.5 Å². The van der Waals surface area contributed by atoms with Crippen molar-refractivity contribution < 1.29 is 4.21 Å². The van der Waals surface area contributed by atoms with E-state index in [0.29, 0.717) is 6.04 Å². The summed E-state index contributed by atoms with van der Waals surface area (Å²) >= 11 is -1.02. The Balaban J connectivity index is 2.47. The van der Waals surface area contributed by atoms with Gasteiger partial charge in [0.25, 0.3) is 0 Å². The normalized spacial score (nSPS) is 22.0. The maximum Gasteiger partial charge on any atom is 0.171 e. The Bertz CT molecular complexity index is 242. The number of likely N-dealkylation sites (N-methyl/N-ethyl adjacent to an activating group) is 2. The summed E-state index contributed by atoms with van der Waals surface area (Å²) in [6.45, 7) is 0.853. The Labute approximate surface area is 108 Å². The van der Waals surface area contributed by atoms with Crippen LogP contribution in [0.15, 0.2) is 0 Å².